The quantitative estimate of drug-likeness (QED) is 0.542. The molecule has 0 aliphatic carbocycles. The van der Waals surface area contributed by atoms with Gasteiger partial charge in [-0.1, -0.05) is 18.3 Å². The number of carbonyl (C=O) groups excluding carboxylic acids is 1. The Morgan fingerprint density at radius 1 is 1.47 bits per heavy atom. The zero-order valence-corrected chi connectivity index (χ0v) is 10.2. The molecule has 92 valence electrons. The molecular weight excluding hydrogens is 241 g/mol. The molecule has 0 atom stereocenters. The van der Waals surface area contributed by atoms with Crippen LogP contribution in [0.1, 0.15) is 12.5 Å². The maximum atomic E-state index is 13.5. The number of nitrogens with two attached hydrogens (primary N) is 1. The van der Waals surface area contributed by atoms with E-state index in [9.17, 15) is 9.18 Å². The number of benzene rings is 1. The van der Waals surface area contributed by atoms with Crippen molar-refractivity contribution in [3.05, 3.63) is 29.6 Å². The maximum absolute atomic E-state index is 13.5. The molecule has 1 aromatic carbocycles. The molecule has 0 aromatic heterocycles. The van der Waals surface area contributed by atoms with E-state index in [0.29, 0.717) is 18.8 Å². The summed E-state index contributed by atoms with van der Waals surface area (Å²) in [6, 6.07) is 4.55. The van der Waals surface area contributed by atoms with Crippen LogP contribution in [0.3, 0.4) is 0 Å². The Bertz CT molecular complexity index is 437. The zero-order valence-electron chi connectivity index (χ0n) is 9.42. The van der Waals surface area contributed by atoms with Gasteiger partial charge in [0.1, 0.15) is 10.8 Å². The Kier molecular flexibility index (Phi) is 4.84. The fourth-order valence-corrected chi connectivity index (χ4v) is 1.57. The number of hydrogen-bond donors (Lipinski definition) is 3. The van der Waals surface area contributed by atoms with E-state index in [4.69, 9.17) is 18.0 Å². The highest BCUT2D eigenvalue weighted by Gasteiger charge is 2.10. The molecule has 0 unspecified atom stereocenters. The summed E-state index contributed by atoms with van der Waals surface area (Å²) in [6.07, 6.45) is 0. The second-order valence-corrected chi connectivity index (χ2v) is 3.88. The van der Waals surface area contributed by atoms with Crippen molar-refractivity contribution in [1.29, 1.82) is 0 Å². The SMILES string of the molecule is CC(=O)NCCNc1cccc(F)c1C(N)=S. The van der Waals surface area contributed by atoms with Gasteiger partial charge < -0.3 is 16.4 Å². The largest absolute Gasteiger partial charge is 0.389 e. The van der Waals surface area contributed by atoms with Gasteiger partial charge in [-0.25, -0.2) is 4.39 Å². The van der Waals surface area contributed by atoms with E-state index in [-0.39, 0.29) is 16.5 Å². The number of hydrogen-bond acceptors (Lipinski definition) is 3. The van der Waals surface area contributed by atoms with Gasteiger partial charge in [-0.3, -0.25) is 4.79 Å². The molecule has 0 aliphatic rings. The molecule has 6 heteroatoms. The molecule has 4 N–H and O–H groups in total. The molecule has 0 saturated heterocycles. The van der Waals surface area contributed by atoms with Crippen LogP contribution in [0, 0.1) is 5.82 Å². The fraction of sp³-hybridized carbons (Fsp3) is 0.273. The molecule has 17 heavy (non-hydrogen) atoms. The van der Waals surface area contributed by atoms with Gasteiger partial charge in [-0.2, -0.15) is 0 Å². The van der Waals surface area contributed by atoms with Crippen LogP contribution < -0.4 is 16.4 Å². The van der Waals surface area contributed by atoms with Crippen molar-refractivity contribution < 1.29 is 9.18 Å². The average molecular weight is 255 g/mol. The van der Waals surface area contributed by atoms with Gasteiger partial charge in [0.05, 0.1) is 5.56 Å². The number of thiocarbonyl (C=S) groups is 1. The minimum atomic E-state index is -0.456. The normalized spacial score (nSPS) is 9.76. The van der Waals surface area contributed by atoms with E-state index < -0.39 is 5.82 Å². The van der Waals surface area contributed by atoms with Crippen molar-refractivity contribution >= 4 is 28.8 Å². The van der Waals surface area contributed by atoms with Crippen LogP contribution in [0.2, 0.25) is 0 Å². The molecule has 0 heterocycles. The molecule has 0 fully saturated rings. The molecule has 1 aromatic rings. The van der Waals surface area contributed by atoms with Gasteiger partial charge in [-0.15, -0.1) is 0 Å². The van der Waals surface area contributed by atoms with Crippen LogP contribution in [-0.2, 0) is 4.79 Å². The summed E-state index contributed by atoms with van der Waals surface area (Å²) in [5.41, 5.74) is 6.18. The van der Waals surface area contributed by atoms with E-state index in [2.05, 4.69) is 10.6 Å². The van der Waals surface area contributed by atoms with Crippen LogP contribution in [0.25, 0.3) is 0 Å². The molecule has 4 nitrogen and oxygen atoms in total. The smallest absolute Gasteiger partial charge is 0.216 e. The second kappa shape index (κ2) is 6.15. The van der Waals surface area contributed by atoms with Crippen molar-refractivity contribution in [2.45, 2.75) is 6.92 Å². The summed E-state index contributed by atoms with van der Waals surface area (Å²) >= 11 is 4.79. The highest BCUT2D eigenvalue weighted by Crippen LogP contribution is 2.18. The lowest BCUT2D eigenvalue weighted by Crippen LogP contribution is -2.27. The van der Waals surface area contributed by atoms with Crippen LogP contribution in [0.5, 0.6) is 0 Å². The number of anilines is 1. The summed E-state index contributed by atoms with van der Waals surface area (Å²) in [5.74, 6) is -0.567. The summed E-state index contributed by atoms with van der Waals surface area (Å²) in [5, 5.41) is 5.59. The molecule has 1 amide bonds. The standard InChI is InChI=1S/C11H14FN3OS/c1-7(16)14-5-6-15-9-4-2-3-8(12)10(9)11(13)17/h2-4,15H,5-6H2,1H3,(H2,13,17)(H,14,16). The predicted octanol–water partition coefficient (Wildman–Crippen LogP) is 1.01. The number of rotatable bonds is 5. The van der Waals surface area contributed by atoms with Crippen molar-refractivity contribution in [3.63, 3.8) is 0 Å². The van der Waals surface area contributed by atoms with Crippen LogP contribution in [-0.4, -0.2) is 24.0 Å². The highest BCUT2D eigenvalue weighted by atomic mass is 32.1. The number of halogens is 1. The number of carbonyl (C=O) groups is 1. The first-order valence-corrected chi connectivity index (χ1v) is 5.50. The lowest BCUT2D eigenvalue weighted by molar-refractivity contribution is -0.118. The number of nitrogens with one attached hydrogen (secondary N) is 2. The van der Waals surface area contributed by atoms with Gasteiger partial charge in [0.2, 0.25) is 5.91 Å². The van der Waals surface area contributed by atoms with E-state index in [1.54, 1.807) is 12.1 Å². The first-order chi connectivity index (χ1) is 8.02. The lowest BCUT2D eigenvalue weighted by atomic mass is 10.1. The number of amides is 1. The summed E-state index contributed by atoms with van der Waals surface area (Å²) < 4.78 is 13.5. The van der Waals surface area contributed by atoms with Crippen LogP contribution in [0.4, 0.5) is 10.1 Å². The third-order valence-electron chi connectivity index (χ3n) is 2.07. The Morgan fingerprint density at radius 3 is 2.76 bits per heavy atom. The third kappa shape index (κ3) is 3.99. The zero-order chi connectivity index (χ0) is 12.8. The molecule has 1 rings (SSSR count). The predicted molar refractivity (Wildman–Crippen MR) is 69.5 cm³/mol. The van der Waals surface area contributed by atoms with Crippen molar-refractivity contribution in [2.24, 2.45) is 5.73 Å². The second-order valence-electron chi connectivity index (χ2n) is 3.44. The first kappa shape index (κ1) is 13.4. The lowest BCUT2D eigenvalue weighted by Gasteiger charge is -2.11. The van der Waals surface area contributed by atoms with Crippen molar-refractivity contribution in [1.82, 2.24) is 5.32 Å². The summed E-state index contributed by atoms with van der Waals surface area (Å²) in [7, 11) is 0. The van der Waals surface area contributed by atoms with Crippen molar-refractivity contribution in [2.75, 3.05) is 18.4 Å². The highest BCUT2D eigenvalue weighted by molar-refractivity contribution is 7.80. The summed E-state index contributed by atoms with van der Waals surface area (Å²) in [6.45, 7) is 2.35. The Morgan fingerprint density at radius 2 is 2.18 bits per heavy atom. The molecule has 0 spiro atoms. The van der Waals surface area contributed by atoms with Crippen LogP contribution in [0.15, 0.2) is 18.2 Å². The molecule has 0 bridgehead atoms. The van der Waals surface area contributed by atoms with E-state index in [1.165, 1.54) is 13.0 Å². The van der Waals surface area contributed by atoms with Crippen LogP contribution >= 0.6 is 12.2 Å². The summed E-state index contributed by atoms with van der Waals surface area (Å²) in [4.78, 5) is 10.6. The molecular formula is C11H14FN3OS. The monoisotopic (exact) mass is 255 g/mol. The average Bonchev–Trinajstić information content (AvgIpc) is 2.23. The minimum absolute atomic E-state index is 0.00475. The maximum Gasteiger partial charge on any atom is 0.216 e. The topological polar surface area (TPSA) is 67.2 Å². The van der Waals surface area contributed by atoms with E-state index in [0.717, 1.165) is 0 Å². The van der Waals surface area contributed by atoms with Gasteiger partial charge >= 0.3 is 0 Å². The molecule has 0 aliphatic heterocycles. The third-order valence-corrected chi connectivity index (χ3v) is 2.28. The van der Waals surface area contributed by atoms with Crippen molar-refractivity contribution in [3.8, 4) is 0 Å². The minimum Gasteiger partial charge on any atom is -0.389 e. The Balaban J connectivity index is 2.67. The molecule has 0 radical (unpaired) electrons. The first-order valence-electron chi connectivity index (χ1n) is 5.09. The van der Waals surface area contributed by atoms with E-state index >= 15 is 0 Å². The Labute approximate surface area is 104 Å². The van der Waals surface area contributed by atoms with E-state index in [1.807, 2.05) is 0 Å². The van der Waals surface area contributed by atoms with Gasteiger partial charge in [-0.05, 0) is 12.1 Å². The fourth-order valence-electron chi connectivity index (χ4n) is 1.36. The molecule has 0 saturated carbocycles. The Hall–Kier alpha value is -1.69. The van der Waals surface area contributed by atoms with Gasteiger partial charge in [0, 0.05) is 25.7 Å². The van der Waals surface area contributed by atoms with Gasteiger partial charge in [0.25, 0.3) is 0 Å². The van der Waals surface area contributed by atoms with Gasteiger partial charge in [0.15, 0.2) is 0 Å².